The third-order valence-electron chi connectivity index (χ3n) is 8.96. The molecule has 0 radical (unpaired) electrons. The van der Waals surface area contributed by atoms with Gasteiger partial charge >= 0.3 is 0 Å². The van der Waals surface area contributed by atoms with Gasteiger partial charge in [0.05, 0.1) is 10.3 Å². The van der Waals surface area contributed by atoms with Crippen LogP contribution in [0.3, 0.4) is 0 Å². The molecule has 3 fully saturated rings. The maximum atomic E-state index is 13.5. The van der Waals surface area contributed by atoms with Crippen molar-refractivity contribution in [2.75, 3.05) is 45.5 Å². The molecule has 3 aliphatic heterocycles. The lowest BCUT2D eigenvalue weighted by Gasteiger charge is -2.39. The van der Waals surface area contributed by atoms with Crippen LogP contribution in [0, 0.1) is 11.3 Å². The van der Waals surface area contributed by atoms with Gasteiger partial charge in [-0.25, -0.2) is 8.42 Å². The van der Waals surface area contributed by atoms with Gasteiger partial charge in [0, 0.05) is 51.3 Å². The molecule has 38 heavy (non-hydrogen) atoms. The first-order valence-electron chi connectivity index (χ1n) is 13.8. The number of carbonyl (C=O) groups excluding carboxylic acids is 2. The highest BCUT2D eigenvalue weighted by Gasteiger charge is 2.48. The Bertz CT molecular complexity index is 1250. The number of hydrogen-bond donors (Lipinski definition) is 0. The highest BCUT2D eigenvalue weighted by atomic mass is 32.2. The molecule has 0 aliphatic carbocycles. The van der Waals surface area contributed by atoms with Crippen LogP contribution in [0.4, 0.5) is 0 Å². The molecule has 204 valence electrons. The van der Waals surface area contributed by atoms with E-state index in [2.05, 4.69) is 29.2 Å². The summed E-state index contributed by atoms with van der Waals surface area (Å²) in [5, 5.41) is 0. The van der Waals surface area contributed by atoms with Crippen LogP contribution in [0.1, 0.15) is 49.7 Å². The van der Waals surface area contributed by atoms with Crippen molar-refractivity contribution in [3.8, 4) is 0 Å². The predicted molar refractivity (Wildman–Crippen MR) is 147 cm³/mol. The highest BCUT2D eigenvalue weighted by molar-refractivity contribution is 7.90. The number of hydrogen-bond acceptors (Lipinski definition) is 5. The quantitative estimate of drug-likeness (QED) is 0.540. The third-order valence-corrected chi connectivity index (χ3v) is 10.1. The average Bonchev–Trinajstić information content (AvgIpc) is 3.47. The maximum Gasteiger partial charge on any atom is 0.229 e. The molecule has 0 saturated carbocycles. The van der Waals surface area contributed by atoms with E-state index in [1.165, 1.54) is 11.8 Å². The average molecular weight is 538 g/mol. The van der Waals surface area contributed by atoms with Crippen LogP contribution in [-0.4, -0.2) is 80.5 Å². The lowest BCUT2D eigenvalue weighted by Crippen LogP contribution is -2.46. The molecule has 0 N–H and O–H groups in total. The van der Waals surface area contributed by atoms with Crippen LogP contribution in [0.5, 0.6) is 0 Å². The molecule has 0 bridgehead atoms. The highest BCUT2D eigenvalue weighted by Crippen LogP contribution is 2.43. The molecule has 5 rings (SSSR count). The Balaban J connectivity index is 1.19. The minimum Gasteiger partial charge on any atom is -0.342 e. The Morgan fingerprint density at radius 1 is 0.947 bits per heavy atom. The molecule has 0 unspecified atom stereocenters. The molecule has 2 atom stereocenters. The van der Waals surface area contributed by atoms with Gasteiger partial charge < -0.3 is 14.7 Å². The van der Waals surface area contributed by atoms with E-state index < -0.39 is 9.84 Å². The Kier molecular flexibility index (Phi) is 7.65. The second-order valence-electron chi connectivity index (χ2n) is 11.4. The Morgan fingerprint density at radius 2 is 1.61 bits per heavy atom. The molecular formula is C30H39N3O4S. The zero-order valence-corrected chi connectivity index (χ0v) is 23.3. The van der Waals surface area contributed by atoms with Gasteiger partial charge in [0.25, 0.3) is 0 Å². The molecule has 3 heterocycles. The molecule has 0 aromatic heterocycles. The molecule has 1 spiro atoms. The summed E-state index contributed by atoms with van der Waals surface area (Å²) in [6.07, 6.45) is 4.37. The summed E-state index contributed by atoms with van der Waals surface area (Å²) in [5.74, 6) is 1.22. The Hall–Kier alpha value is -2.71. The molecule has 8 heteroatoms. The van der Waals surface area contributed by atoms with Crippen molar-refractivity contribution in [1.29, 1.82) is 0 Å². The zero-order chi connectivity index (χ0) is 26.9. The second kappa shape index (κ2) is 10.8. The van der Waals surface area contributed by atoms with E-state index in [1.54, 1.807) is 12.1 Å². The van der Waals surface area contributed by atoms with Gasteiger partial charge in [0.15, 0.2) is 9.84 Å². The van der Waals surface area contributed by atoms with Crippen molar-refractivity contribution in [2.24, 2.45) is 11.3 Å². The minimum atomic E-state index is -3.23. The van der Waals surface area contributed by atoms with Crippen molar-refractivity contribution in [2.45, 2.75) is 50.0 Å². The van der Waals surface area contributed by atoms with Crippen LogP contribution in [0.25, 0.3) is 0 Å². The predicted octanol–water partition coefficient (Wildman–Crippen LogP) is 3.56. The van der Waals surface area contributed by atoms with E-state index in [-0.39, 0.29) is 17.2 Å². The second-order valence-corrected chi connectivity index (χ2v) is 13.4. The summed E-state index contributed by atoms with van der Waals surface area (Å²) >= 11 is 0. The van der Waals surface area contributed by atoms with Gasteiger partial charge in [-0.1, -0.05) is 49.4 Å². The van der Waals surface area contributed by atoms with Gasteiger partial charge in [-0.3, -0.25) is 9.59 Å². The largest absolute Gasteiger partial charge is 0.342 e. The Labute approximate surface area is 226 Å². The summed E-state index contributed by atoms with van der Waals surface area (Å²) < 4.78 is 23.5. The molecule has 3 saturated heterocycles. The van der Waals surface area contributed by atoms with E-state index in [9.17, 15) is 18.0 Å². The minimum absolute atomic E-state index is 0.230. The van der Waals surface area contributed by atoms with Crippen LogP contribution in [-0.2, 0) is 26.0 Å². The van der Waals surface area contributed by atoms with E-state index in [1.807, 2.05) is 34.9 Å². The maximum absolute atomic E-state index is 13.5. The van der Waals surface area contributed by atoms with Gasteiger partial charge in [-0.15, -0.1) is 0 Å². The standard InChI is InChI=1S/C30H39N3O4S/c1-3-28(34)33-21-25(27(22-33)24-7-5-4-6-8-24)20-31-16-13-30(14-17-31)15-18-32(29(30)35)19-23-9-11-26(12-10-23)38(2,36)37/h4-12,25,27H,3,13-22H2,1-2H3/t25-,27+/m0/s1. The number of benzene rings is 2. The molecule has 2 aromatic carbocycles. The number of rotatable bonds is 7. The fourth-order valence-corrected chi connectivity index (χ4v) is 7.26. The lowest BCUT2D eigenvalue weighted by molar-refractivity contribution is -0.139. The number of carbonyl (C=O) groups is 2. The number of sulfone groups is 1. The smallest absolute Gasteiger partial charge is 0.229 e. The van der Waals surface area contributed by atoms with Crippen molar-refractivity contribution >= 4 is 21.7 Å². The van der Waals surface area contributed by atoms with Crippen molar-refractivity contribution in [1.82, 2.24) is 14.7 Å². The van der Waals surface area contributed by atoms with E-state index >= 15 is 0 Å². The normalized spacial score (nSPS) is 23.9. The first-order valence-corrected chi connectivity index (χ1v) is 15.7. The van der Waals surface area contributed by atoms with Gasteiger partial charge in [0.1, 0.15) is 0 Å². The van der Waals surface area contributed by atoms with E-state index in [0.29, 0.717) is 29.7 Å². The van der Waals surface area contributed by atoms with Gasteiger partial charge in [-0.05, 0) is 61.5 Å². The van der Waals surface area contributed by atoms with E-state index in [0.717, 1.165) is 64.1 Å². The molecular weight excluding hydrogens is 498 g/mol. The van der Waals surface area contributed by atoms with Gasteiger partial charge in [0.2, 0.25) is 11.8 Å². The lowest BCUT2D eigenvalue weighted by atomic mass is 9.76. The topological polar surface area (TPSA) is 78.0 Å². The van der Waals surface area contributed by atoms with Crippen LogP contribution in [0.2, 0.25) is 0 Å². The number of nitrogens with zero attached hydrogens (tertiary/aromatic N) is 3. The first-order chi connectivity index (χ1) is 18.2. The van der Waals surface area contributed by atoms with Crippen LogP contribution < -0.4 is 0 Å². The number of piperidine rings is 1. The van der Waals surface area contributed by atoms with Crippen molar-refractivity contribution in [3.63, 3.8) is 0 Å². The fourth-order valence-electron chi connectivity index (χ4n) is 6.63. The summed E-state index contributed by atoms with van der Waals surface area (Å²) in [6, 6.07) is 17.5. The fraction of sp³-hybridized carbons (Fsp3) is 0.533. The Morgan fingerprint density at radius 3 is 2.24 bits per heavy atom. The zero-order valence-electron chi connectivity index (χ0n) is 22.5. The summed E-state index contributed by atoms with van der Waals surface area (Å²) in [4.78, 5) is 32.8. The van der Waals surface area contributed by atoms with Crippen LogP contribution in [0.15, 0.2) is 59.5 Å². The summed E-state index contributed by atoms with van der Waals surface area (Å²) in [7, 11) is -3.23. The summed E-state index contributed by atoms with van der Waals surface area (Å²) in [5.41, 5.74) is 1.99. The van der Waals surface area contributed by atoms with Crippen molar-refractivity contribution in [3.05, 3.63) is 65.7 Å². The number of likely N-dealkylation sites (tertiary alicyclic amines) is 3. The van der Waals surface area contributed by atoms with E-state index in [4.69, 9.17) is 0 Å². The number of amides is 2. The first kappa shape index (κ1) is 26.9. The van der Waals surface area contributed by atoms with Crippen LogP contribution >= 0.6 is 0 Å². The molecule has 2 amide bonds. The van der Waals surface area contributed by atoms with Gasteiger partial charge in [-0.2, -0.15) is 0 Å². The molecule has 2 aromatic rings. The molecule has 7 nitrogen and oxygen atoms in total. The van der Waals surface area contributed by atoms with Crippen molar-refractivity contribution < 1.29 is 18.0 Å². The summed E-state index contributed by atoms with van der Waals surface area (Å²) in [6.45, 7) is 7.56. The monoisotopic (exact) mass is 537 g/mol. The SMILES string of the molecule is CCC(=O)N1C[C@H](CN2CCC3(CC2)CCN(Cc2ccc(S(C)(=O)=O)cc2)C3=O)[C@@H](c2ccccc2)C1. The third kappa shape index (κ3) is 5.52. The molecule has 3 aliphatic rings.